The number of ether oxygens (including phenoxy) is 4. The van der Waals surface area contributed by atoms with Crippen molar-refractivity contribution >= 4 is 62.0 Å². The van der Waals surface area contributed by atoms with Gasteiger partial charge in [-0.25, -0.2) is 4.98 Å². The number of hydrogen-bond acceptors (Lipinski definition) is 15. The summed E-state index contributed by atoms with van der Waals surface area (Å²) in [7, 11) is 5.57. The fraction of sp³-hybridized carbons (Fsp3) is 0.500. The maximum Gasteiger partial charge on any atom is 0.307 e. The fourth-order valence-corrected chi connectivity index (χ4v) is 9.76. The Morgan fingerprint density at radius 3 is 2.35 bits per heavy atom. The Kier molecular flexibility index (Phi) is 13.6. The molecule has 3 aromatic carbocycles. The van der Waals surface area contributed by atoms with Crippen LogP contribution in [0.3, 0.4) is 0 Å². The predicted octanol–water partition coefficient (Wildman–Crippen LogP) is 6.12. The number of fused-ring (bicyclic) bond motifs is 2. The molecule has 0 radical (unpaired) electrons. The van der Waals surface area contributed by atoms with Gasteiger partial charge in [-0.1, -0.05) is 45.9 Å². The highest BCUT2D eigenvalue weighted by atomic mass is 16.7. The highest BCUT2D eigenvalue weighted by molar-refractivity contribution is 6.16. The maximum absolute atomic E-state index is 14.9. The summed E-state index contributed by atoms with van der Waals surface area (Å²) in [4.78, 5) is 64.4. The van der Waals surface area contributed by atoms with Gasteiger partial charge in [0.05, 0.1) is 29.1 Å². The lowest BCUT2D eigenvalue weighted by molar-refractivity contribution is -0.159. The molecule has 3 aliphatic rings. The van der Waals surface area contributed by atoms with Gasteiger partial charge in [0.2, 0.25) is 10.9 Å². The van der Waals surface area contributed by atoms with Gasteiger partial charge < -0.3 is 53.8 Å². The number of phenolic OH excluding ortho intramolecular Hbond substituents is 1. The molecule has 16 nitrogen and oxygen atoms in total. The number of allylic oxidation sites excluding steroid dienone is 3. The summed E-state index contributed by atoms with van der Waals surface area (Å²) in [6, 6.07) is 3.58. The second-order valence-corrected chi connectivity index (χ2v) is 18.7. The highest BCUT2D eigenvalue weighted by Crippen LogP contribution is 2.42. The van der Waals surface area contributed by atoms with Crippen molar-refractivity contribution in [1.82, 2.24) is 9.88 Å². The van der Waals surface area contributed by atoms with Gasteiger partial charge in [0, 0.05) is 86.3 Å². The zero-order valence-electron chi connectivity index (χ0n) is 39.6. The first-order valence-corrected chi connectivity index (χ1v) is 22.5. The molecule has 3 aliphatic heterocycles. The number of hydrogen-bond donors (Lipinski definition) is 4. The van der Waals surface area contributed by atoms with E-state index in [-0.39, 0.29) is 72.6 Å². The number of aromatic hydroxyl groups is 1. The predicted molar refractivity (Wildman–Crippen MR) is 253 cm³/mol. The third-order valence-corrected chi connectivity index (χ3v) is 13.7. The molecule has 1 saturated heterocycles. The largest absolute Gasteiger partial charge is 0.507 e. The Labute approximate surface area is 383 Å². The van der Waals surface area contributed by atoms with Crippen molar-refractivity contribution in [3.05, 3.63) is 79.5 Å². The number of piperidine rings is 1. The third kappa shape index (κ3) is 8.85. The SMILES string of the molecule is CO[C@H]1/C=C/O[C@@]2(C)Oc3c(C)c(O)c4c(=O)c(c5oc6cc(N7CCC(N(C)C)CC7)cc(=O)c6nc5c4c3=C2O)NC(=O)/C(C)=C\C=C\[C@H](C)C[C@@H](C)[C@@H](O)[C@@H](C)[C@H](OC(C)=O)[C@@H]1C. The Bertz CT molecular complexity index is 2840. The van der Waals surface area contributed by atoms with Crippen molar-refractivity contribution in [2.75, 3.05) is 44.5 Å². The number of carbonyl (C=O) groups is 2. The van der Waals surface area contributed by atoms with E-state index in [9.17, 15) is 34.5 Å². The molecular formula is C50H62N4O12. The van der Waals surface area contributed by atoms with Gasteiger partial charge in [-0.05, 0) is 65.1 Å². The van der Waals surface area contributed by atoms with E-state index in [2.05, 4.69) is 15.1 Å². The molecule has 8 atom stereocenters. The summed E-state index contributed by atoms with van der Waals surface area (Å²) >= 11 is 0. The molecule has 7 rings (SSSR count). The fourth-order valence-electron chi connectivity index (χ4n) is 9.76. The van der Waals surface area contributed by atoms with Crippen LogP contribution in [0.4, 0.5) is 11.4 Å². The smallest absolute Gasteiger partial charge is 0.307 e. The highest BCUT2D eigenvalue weighted by Gasteiger charge is 2.44. The second kappa shape index (κ2) is 18.7. The average Bonchev–Trinajstić information content (AvgIpc) is 3.54. The van der Waals surface area contributed by atoms with Gasteiger partial charge in [-0.15, -0.1) is 0 Å². The molecule has 0 saturated carbocycles. The van der Waals surface area contributed by atoms with Crippen LogP contribution in [0, 0.1) is 30.6 Å². The minimum Gasteiger partial charge on any atom is -0.507 e. The molecule has 4 aromatic rings. The van der Waals surface area contributed by atoms with E-state index in [1.807, 2.05) is 47.9 Å². The van der Waals surface area contributed by atoms with Gasteiger partial charge in [0.1, 0.15) is 28.8 Å². The topological polar surface area (TPSA) is 210 Å². The van der Waals surface area contributed by atoms with E-state index in [1.54, 1.807) is 31.2 Å². The lowest BCUT2D eigenvalue weighted by Gasteiger charge is -2.36. The number of benzene rings is 3. The third-order valence-electron chi connectivity index (χ3n) is 13.7. The number of anilines is 2. The second-order valence-electron chi connectivity index (χ2n) is 18.7. The number of phenols is 1. The van der Waals surface area contributed by atoms with E-state index in [0.29, 0.717) is 31.2 Å². The Hall–Kier alpha value is -5.97. The number of methoxy groups -OCH3 is 1. The summed E-state index contributed by atoms with van der Waals surface area (Å²) in [5, 5.41) is 37.9. The number of aliphatic hydroxyl groups excluding tert-OH is 2. The molecule has 0 unspecified atom stereocenters. The lowest BCUT2D eigenvalue weighted by atomic mass is 9.79. The molecule has 1 fully saturated rings. The summed E-state index contributed by atoms with van der Waals surface area (Å²) in [6.45, 7) is 14.8. The average molecular weight is 911 g/mol. The lowest BCUT2D eigenvalue weighted by Crippen LogP contribution is -2.44. The van der Waals surface area contributed by atoms with Gasteiger partial charge in [-0.2, -0.15) is 0 Å². The zero-order chi connectivity index (χ0) is 48.1. The van der Waals surface area contributed by atoms with Gasteiger partial charge in [0.25, 0.3) is 5.91 Å². The molecule has 354 valence electrons. The number of esters is 1. The van der Waals surface area contributed by atoms with Gasteiger partial charge in [-0.3, -0.25) is 19.2 Å². The Morgan fingerprint density at radius 2 is 1.70 bits per heavy atom. The van der Waals surface area contributed by atoms with E-state index >= 15 is 0 Å². The number of aromatic nitrogens is 1. The van der Waals surface area contributed by atoms with E-state index < -0.39 is 70.2 Å². The van der Waals surface area contributed by atoms with Crippen LogP contribution < -0.4 is 31.0 Å². The molecule has 0 aliphatic carbocycles. The Morgan fingerprint density at radius 1 is 1.00 bits per heavy atom. The monoisotopic (exact) mass is 910 g/mol. The number of nitrogens with one attached hydrogen (secondary N) is 1. The van der Waals surface area contributed by atoms with Crippen LogP contribution in [-0.4, -0.2) is 102 Å². The normalized spacial score (nSPS) is 28.9. The van der Waals surface area contributed by atoms with Gasteiger partial charge in [0.15, 0.2) is 22.4 Å². The molecule has 0 spiro atoms. The van der Waals surface area contributed by atoms with E-state index in [0.717, 1.165) is 12.8 Å². The number of aliphatic hydroxyl groups is 2. The maximum atomic E-state index is 14.9. The molecule has 4 heterocycles. The van der Waals surface area contributed by atoms with Gasteiger partial charge >= 0.3 is 11.8 Å². The molecule has 1 aromatic heterocycles. The molecule has 16 heteroatoms. The molecular weight excluding hydrogens is 849 g/mol. The van der Waals surface area contributed by atoms with E-state index in [1.165, 1.54) is 40.2 Å². The molecule has 1 amide bonds. The number of rotatable bonds is 4. The van der Waals surface area contributed by atoms with Crippen molar-refractivity contribution in [3.63, 3.8) is 0 Å². The first-order chi connectivity index (χ1) is 31.2. The van der Waals surface area contributed by atoms with Crippen molar-refractivity contribution in [2.24, 2.45) is 23.7 Å². The molecule has 66 heavy (non-hydrogen) atoms. The standard InChI is InChI=1S/C50H62N4O12/c1-24-13-12-14-25(2)49(61)52-41-44(59)37-36(40-47(41)65-35-23-32(22-33(56)39(35)51-40)54-18-15-31(16-19-54)53(9)10)38-46(29(6)43(37)58)66-50(8,48(38)60)63-20-17-34(62-11)27(4)45(64-30(7)55)28(5)42(57)26(3)21-24/h12-14,17,20,22-24,26-28,31,34,42,45,57-58,60H,15-16,18-19,21H2,1-11H3,(H,52,61)/b13-12+,20-17+,25-14-/t24-,26+,27+,28+,34-,42+,45+,50-/m0/s1. The number of amides is 1. The molecule has 4 N–H and O–H groups in total. The van der Waals surface area contributed by atoms with Crippen LogP contribution in [0.5, 0.6) is 11.5 Å². The summed E-state index contributed by atoms with van der Waals surface area (Å²) in [5.74, 6) is -5.47. The van der Waals surface area contributed by atoms with Crippen LogP contribution in [0.25, 0.3) is 38.7 Å². The molecule has 4 bridgehead atoms. The van der Waals surface area contributed by atoms with Crippen LogP contribution in [0.15, 0.2) is 62.3 Å². The first-order valence-electron chi connectivity index (χ1n) is 22.5. The zero-order valence-corrected chi connectivity index (χ0v) is 39.6. The van der Waals surface area contributed by atoms with E-state index in [4.69, 9.17) is 28.3 Å². The first kappa shape index (κ1) is 48.0. The summed E-state index contributed by atoms with van der Waals surface area (Å²) in [6.07, 6.45) is 8.00. The summed E-state index contributed by atoms with van der Waals surface area (Å²) < 4.78 is 30.6. The minimum atomic E-state index is -1.95. The Balaban J connectivity index is 1.46. The summed E-state index contributed by atoms with van der Waals surface area (Å²) in [5.41, 5.74) is -1.02. The van der Waals surface area contributed by atoms with Crippen LogP contribution in [0.2, 0.25) is 0 Å². The minimum absolute atomic E-state index is 0.0274. The van der Waals surface area contributed by atoms with Crippen molar-refractivity contribution in [2.45, 2.75) is 105 Å². The van der Waals surface area contributed by atoms with Crippen molar-refractivity contribution in [1.29, 1.82) is 0 Å². The van der Waals surface area contributed by atoms with Crippen LogP contribution >= 0.6 is 0 Å². The number of carbonyl (C=O) groups excluding carboxylic acids is 2. The van der Waals surface area contributed by atoms with Crippen LogP contribution in [0.1, 0.15) is 73.3 Å². The van der Waals surface area contributed by atoms with Crippen LogP contribution in [-0.2, 0) is 23.8 Å². The quantitative estimate of drug-likeness (QED) is 0.103. The number of nitrogens with zero attached hydrogens (tertiary/aromatic N) is 3. The van der Waals surface area contributed by atoms with Crippen molar-refractivity contribution in [3.8, 4) is 11.5 Å². The van der Waals surface area contributed by atoms with Crippen molar-refractivity contribution < 1.29 is 48.3 Å².